The summed E-state index contributed by atoms with van der Waals surface area (Å²) in [6, 6.07) is 10.3. The Hall–Kier alpha value is -2.93. The number of furan rings is 1. The Bertz CT molecular complexity index is 1380. The third-order valence-electron chi connectivity index (χ3n) is 6.15. The first-order valence-corrected chi connectivity index (χ1v) is 10.8. The summed E-state index contributed by atoms with van der Waals surface area (Å²) in [7, 11) is 4.13. The lowest BCUT2D eigenvalue weighted by Gasteiger charge is -2.21. The van der Waals surface area contributed by atoms with Gasteiger partial charge in [-0.3, -0.25) is 4.79 Å². The molecule has 0 unspecified atom stereocenters. The summed E-state index contributed by atoms with van der Waals surface area (Å²) in [5, 5.41) is 4.69. The van der Waals surface area contributed by atoms with Gasteiger partial charge in [-0.15, -0.1) is 24.0 Å². The monoisotopic (exact) mass is 597 g/mol. The largest absolute Gasteiger partial charge is 0.450 e. The predicted octanol–water partition coefficient (Wildman–Crippen LogP) is 4.82. The van der Waals surface area contributed by atoms with E-state index in [1.807, 2.05) is 6.07 Å². The Balaban J connectivity index is 0.00000289. The van der Waals surface area contributed by atoms with Gasteiger partial charge in [0.15, 0.2) is 0 Å². The minimum atomic E-state index is -4.42. The van der Waals surface area contributed by atoms with Gasteiger partial charge in [-0.05, 0) is 50.8 Å². The van der Waals surface area contributed by atoms with E-state index < -0.39 is 17.3 Å². The Morgan fingerprint density at radius 2 is 1.83 bits per heavy atom. The van der Waals surface area contributed by atoms with E-state index in [1.165, 1.54) is 23.0 Å². The standard InChI is InChI=1S/C24H22F3N5O2.HI/c1-30(2)19-9-10-31(14-19)21-8-7-18(13-28-21)32-23(33)22-16(12-29-32)11-20(34-22)15-3-5-17(6-4-15)24(25,26)27;/h3-8,11-13,19H,9-10,14H2,1-2H3;1H/t19-;/m0./s1. The van der Waals surface area contributed by atoms with Crippen molar-refractivity contribution in [3.05, 3.63) is 70.8 Å². The number of pyridine rings is 1. The van der Waals surface area contributed by atoms with Gasteiger partial charge < -0.3 is 14.2 Å². The number of hydrogen-bond donors (Lipinski definition) is 0. The summed E-state index contributed by atoms with van der Waals surface area (Å²) in [4.78, 5) is 22.0. The number of hydrogen-bond acceptors (Lipinski definition) is 6. The molecule has 1 aliphatic heterocycles. The molecule has 1 fully saturated rings. The number of fused-ring (bicyclic) bond motifs is 1. The lowest BCUT2D eigenvalue weighted by atomic mass is 10.1. The molecule has 11 heteroatoms. The van der Waals surface area contributed by atoms with E-state index in [-0.39, 0.29) is 29.6 Å². The predicted molar refractivity (Wildman–Crippen MR) is 138 cm³/mol. The maximum atomic E-state index is 13.0. The normalized spacial score (nSPS) is 16.2. The molecule has 1 atom stereocenters. The fourth-order valence-corrected chi connectivity index (χ4v) is 4.15. The number of likely N-dealkylation sites (N-methyl/N-ethyl adjacent to an activating group) is 1. The smallest absolute Gasteiger partial charge is 0.416 e. The van der Waals surface area contributed by atoms with Gasteiger partial charge in [0, 0.05) is 30.1 Å². The van der Waals surface area contributed by atoms with Gasteiger partial charge in [-0.2, -0.15) is 23.0 Å². The summed E-state index contributed by atoms with van der Waals surface area (Å²) in [6.07, 6.45) is -0.271. The second-order valence-electron chi connectivity index (χ2n) is 8.56. The Morgan fingerprint density at radius 1 is 1.09 bits per heavy atom. The second kappa shape index (κ2) is 9.61. The van der Waals surface area contributed by atoms with Crippen LogP contribution in [0.3, 0.4) is 0 Å². The number of aromatic nitrogens is 3. The summed E-state index contributed by atoms with van der Waals surface area (Å²) in [5.41, 5.74) is -0.228. The van der Waals surface area contributed by atoms with Crippen molar-refractivity contribution >= 4 is 40.8 Å². The molecule has 5 rings (SSSR count). The SMILES string of the molecule is CN(C)[C@H]1CCN(c2ccc(-n3ncc4cc(-c5ccc(C(F)(F)F)cc5)oc4c3=O)cn2)C1.I. The van der Waals surface area contributed by atoms with Gasteiger partial charge in [0.2, 0.25) is 5.58 Å². The fraction of sp³-hybridized carbons (Fsp3) is 0.292. The van der Waals surface area contributed by atoms with Crippen molar-refractivity contribution in [1.82, 2.24) is 19.7 Å². The summed E-state index contributed by atoms with van der Waals surface area (Å²) in [6.45, 7) is 1.81. The minimum absolute atomic E-state index is 0. The number of alkyl halides is 3. The fourth-order valence-electron chi connectivity index (χ4n) is 4.15. The van der Waals surface area contributed by atoms with Crippen LogP contribution in [0.25, 0.3) is 28.0 Å². The first-order chi connectivity index (χ1) is 16.2. The van der Waals surface area contributed by atoms with E-state index in [0.29, 0.717) is 28.4 Å². The highest BCUT2D eigenvalue weighted by Crippen LogP contribution is 2.32. The van der Waals surface area contributed by atoms with E-state index in [9.17, 15) is 18.0 Å². The van der Waals surface area contributed by atoms with Crippen molar-refractivity contribution in [1.29, 1.82) is 0 Å². The summed E-state index contributed by atoms with van der Waals surface area (Å²) in [5.74, 6) is 1.13. The first kappa shape index (κ1) is 25.2. The highest BCUT2D eigenvalue weighted by atomic mass is 127. The molecule has 0 spiro atoms. The molecule has 4 aromatic rings. The van der Waals surface area contributed by atoms with Crippen LogP contribution in [0.15, 0.2) is 64.1 Å². The molecule has 0 N–H and O–H groups in total. The number of anilines is 1. The number of benzene rings is 1. The van der Waals surface area contributed by atoms with E-state index in [4.69, 9.17) is 4.42 Å². The molecule has 184 valence electrons. The average Bonchev–Trinajstić information content (AvgIpc) is 3.47. The van der Waals surface area contributed by atoms with Crippen LogP contribution in [0.4, 0.5) is 19.0 Å². The van der Waals surface area contributed by atoms with Crippen LogP contribution < -0.4 is 10.5 Å². The van der Waals surface area contributed by atoms with Crippen molar-refractivity contribution in [3.63, 3.8) is 0 Å². The number of halogens is 4. The average molecular weight is 597 g/mol. The van der Waals surface area contributed by atoms with Crippen molar-refractivity contribution < 1.29 is 17.6 Å². The zero-order chi connectivity index (χ0) is 24.0. The van der Waals surface area contributed by atoms with E-state index in [1.54, 1.807) is 18.3 Å². The van der Waals surface area contributed by atoms with Gasteiger partial charge in [-0.25, -0.2) is 4.98 Å². The highest BCUT2D eigenvalue weighted by molar-refractivity contribution is 14.0. The van der Waals surface area contributed by atoms with E-state index >= 15 is 0 Å². The first-order valence-electron chi connectivity index (χ1n) is 10.8. The van der Waals surface area contributed by atoms with Crippen LogP contribution in [0.2, 0.25) is 0 Å². The molecule has 0 bridgehead atoms. The van der Waals surface area contributed by atoms with Crippen molar-refractivity contribution in [3.8, 4) is 17.0 Å². The maximum Gasteiger partial charge on any atom is 0.416 e. The van der Waals surface area contributed by atoms with Crippen LogP contribution in [-0.2, 0) is 6.18 Å². The lowest BCUT2D eigenvalue weighted by molar-refractivity contribution is -0.137. The highest BCUT2D eigenvalue weighted by Gasteiger charge is 2.30. The third-order valence-corrected chi connectivity index (χ3v) is 6.15. The number of rotatable bonds is 4. The molecular formula is C24H23F3IN5O2. The maximum absolute atomic E-state index is 13.0. The second-order valence-corrected chi connectivity index (χ2v) is 8.56. The molecule has 3 aromatic heterocycles. The van der Waals surface area contributed by atoms with Gasteiger partial charge >= 0.3 is 11.7 Å². The van der Waals surface area contributed by atoms with Gasteiger partial charge in [0.05, 0.1) is 23.6 Å². The Morgan fingerprint density at radius 3 is 2.43 bits per heavy atom. The lowest BCUT2D eigenvalue weighted by Crippen LogP contribution is -2.31. The van der Waals surface area contributed by atoms with E-state index in [0.717, 1.165) is 37.5 Å². The van der Waals surface area contributed by atoms with Crippen LogP contribution in [0.1, 0.15) is 12.0 Å². The minimum Gasteiger partial charge on any atom is -0.450 e. The zero-order valence-electron chi connectivity index (χ0n) is 19.0. The van der Waals surface area contributed by atoms with Crippen LogP contribution in [0, 0.1) is 0 Å². The molecule has 0 saturated carbocycles. The van der Waals surface area contributed by atoms with Crippen molar-refractivity contribution in [2.75, 3.05) is 32.1 Å². The Labute approximate surface area is 216 Å². The molecule has 4 heterocycles. The molecule has 7 nitrogen and oxygen atoms in total. The van der Waals surface area contributed by atoms with Crippen LogP contribution in [0.5, 0.6) is 0 Å². The van der Waals surface area contributed by atoms with Crippen LogP contribution >= 0.6 is 24.0 Å². The summed E-state index contributed by atoms with van der Waals surface area (Å²) >= 11 is 0. The molecule has 0 radical (unpaired) electrons. The summed E-state index contributed by atoms with van der Waals surface area (Å²) < 4.78 is 45.4. The molecule has 0 amide bonds. The quantitative estimate of drug-likeness (QED) is 0.315. The van der Waals surface area contributed by atoms with Crippen molar-refractivity contribution in [2.45, 2.75) is 18.6 Å². The number of nitrogens with zero attached hydrogens (tertiary/aromatic N) is 5. The molecule has 1 aromatic carbocycles. The Kier molecular flexibility index (Phi) is 6.91. The van der Waals surface area contributed by atoms with Crippen LogP contribution in [-0.4, -0.2) is 52.9 Å². The van der Waals surface area contributed by atoms with Gasteiger partial charge in [-0.1, -0.05) is 12.1 Å². The molecule has 0 aliphatic carbocycles. The zero-order valence-corrected chi connectivity index (χ0v) is 21.3. The molecular weight excluding hydrogens is 574 g/mol. The topological polar surface area (TPSA) is 67.4 Å². The molecule has 1 aliphatic rings. The molecule has 1 saturated heterocycles. The third kappa shape index (κ3) is 4.92. The van der Waals surface area contributed by atoms with E-state index in [2.05, 4.69) is 34.0 Å². The van der Waals surface area contributed by atoms with Gasteiger partial charge in [0.25, 0.3) is 0 Å². The molecule has 35 heavy (non-hydrogen) atoms. The van der Waals surface area contributed by atoms with Crippen molar-refractivity contribution in [2.24, 2.45) is 0 Å². The van der Waals surface area contributed by atoms with Gasteiger partial charge in [0.1, 0.15) is 11.6 Å².